The van der Waals surface area contributed by atoms with E-state index in [4.69, 9.17) is 0 Å². The highest BCUT2D eigenvalue weighted by Gasteiger charge is 2.12. The Labute approximate surface area is 152 Å². The zero-order valence-electron chi connectivity index (χ0n) is 13.5. The molecule has 4 aromatic rings. The second-order valence-corrected chi connectivity index (χ2v) is 6.16. The Morgan fingerprint density at radius 1 is 1.12 bits per heavy atom. The van der Waals surface area contributed by atoms with Crippen molar-refractivity contribution in [2.24, 2.45) is 0 Å². The molecule has 8 nitrogen and oxygen atoms in total. The van der Waals surface area contributed by atoms with Crippen molar-refractivity contribution in [1.82, 2.24) is 35.5 Å². The van der Waals surface area contributed by atoms with Crippen LogP contribution in [-0.4, -0.2) is 36.0 Å². The Balaban J connectivity index is 1.40. The van der Waals surface area contributed by atoms with Crippen LogP contribution in [0.15, 0.2) is 54.4 Å². The molecule has 0 aliphatic rings. The number of aromatic nitrogens is 6. The van der Waals surface area contributed by atoms with Gasteiger partial charge in [0.1, 0.15) is 22.1 Å². The molecular formula is C17H13N7OS. The molecule has 26 heavy (non-hydrogen) atoms. The van der Waals surface area contributed by atoms with Gasteiger partial charge in [-0.05, 0) is 18.2 Å². The summed E-state index contributed by atoms with van der Waals surface area (Å²) < 4.78 is 0. The van der Waals surface area contributed by atoms with Gasteiger partial charge in [-0.15, -0.1) is 11.3 Å². The SMILES string of the molecule is O=C(NCc1csc(-c2cnccn2)n1)c1cc(-c2ccccn2)n[nH]1. The van der Waals surface area contributed by atoms with Crippen molar-refractivity contribution < 1.29 is 4.79 Å². The van der Waals surface area contributed by atoms with Crippen molar-refractivity contribution in [1.29, 1.82) is 0 Å². The molecule has 0 aromatic carbocycles. The summed E-state index contributed by atoms with van der Waals surface area (Å²) in [6, 6.07) is 7.20. The van der Waals surface area contributed by atoms with E-state index >= 15 is 0 Å². The first-order chi connectivity index (χ1) is 12.8. The van der Waals surface area contributed by atoms with Crippen LogP contribution < -0.4 is 5.32 Å². The maximum Gasteiger partial charge on any atom is 0.269 e. The first kappa shape index (κ1) is 16.0. The van der Waals surface area contributed by atoms with Gasteiger partial charge < -0.3 is 5.32 Å². The minimum Gasteiger partial charge on any atom is -0.345 e. The molecule has 4 aromatic heterocycles. The molecule has 0 aliphatic carbocycles. The number of nitrogens with zero attached hydrogens (tertiary/aromatic N) is 5. The van der Waals surface area contributed by atoms with E-state index in [0.717, 1.165) is 10.7 Å². The van der Waals surface area contributed by atoms with Gasteiger partial charge in [-0.3, -0.25) is 24.8 Å². The lowest BCUT2D eigenvalue weighted by atomic mass is 10.2. The first-order valence-electron chi connectivity index (χ1n) is 7.75. The average Bonchev–Trinajstić information content (AvgIpc) is 3.37. The van der Waals surface area contributed by atoms with E-state index in [1.54, 1.807) is 30.9 Å². The molecule has 0 aliphatic heterocycles. The zero-order chi connectivity index (χ0) is 17.8. The maximum absolute atomic E-state index is 12.3. The predicted molar refractivity (Wildman–Crippen MR) is 96.1 cm³/mol. The number of carbonyl (C=O) groups is 1. The lowest BCUT2D eigenvalue weighted by Crippen LogP contribution is -2.23. The normalized spacial score (nSPS) is 10.6. The van der Waals surface area contributed by atoms with E-state index in [1.807, 2.05) is 23.6 Å². The van der Waals surface area contributed by atoms with Crippen molar-refractivity contribution >= 4 is 17.2 Å². The fraction of sp³-hybridized carbons (Fsp3) is 0.0588. The van der Waals surface area contributed by atoms with Crippen LogP contribution in [0, 0.1) is 0 Å². The fourth-order valence-electron chi connectivity index (χ4n) is 2.26. The van der Waals surface area contributed by atoms with E-state index in [9.17, 15) is 4.79 Å². The number of thiazole rings is 1. The Bertz CT molecular complexity index is 1010. The highest BCUT2D eigenvalue weighted by Crippen LogP contribution is 2.20. The molecule has 9 heteroatoms. The van der Waals surface area contributed by atoms with Gasteiger partial charge in [-0.1, -0.05) is 6.07 Å². The van der Waals surface area contributed by atoms with Crippen LogP contribution >= 0.6 is 11.3 Å². The van der Waals surface area contributed by atoms with E-state index in [1.165, 1.54) is 11.3 Å². The number of amides is 1. The molecule has 0 saturated heterocycles. The van der Waals surface area contributed by atoms with Crippen molar-refractivity contribution in [3.63, 3.8) is 0 Å². The van der Waals surface area contributed by atoms with Crippen LogP contribution in [-0.2, 0) is 6.54 Å². The van der Waals surface area contributed by atoms with Crippen molar-refractivity contribution in [3.8, 4) is 22.1 Å². The molecule has 4 rings (SSSR count). The molecule has 128 valence electrons. The number of H-pyrrole nitrogens is 1. The highest BCUT2D eigenvalue weighted by molar-refractivity contribution is 7.13. The van der Waals surface area contributed by atoms with Crippen molar-refractivity contribution in [2.45, 2.75) is 6.54 Å². The van der Waals surface area contributed by atoms with Crippen LogP contribution in [0.5, 0.6) is 0 Å². The largest absolute Gasteiger partial charge is 0.345 e. The van der Waals surface area contributed by atoms with Crippen LogP contribution in [0.25, 0.3) is 22.1 Å². The third-order valence-electron chi connectivity index (χ3n) is 3.51. The van der Waals surface area contributed by atoms with Crippen LogP contribution in [0.3, 0.4) is 0 Å². The standard InChI is InChI=1S/C17H13N7OS/c25-16(14-7-13(23-24-14)12-3-1-2-4-19-12)21-8-11-10-26-17(22-11)15-9-18-5-6-20-15/h1-7,9-10H,8H2,(H,21,25)(H,23,24). The Kier molecular flexibility index (Phi) is 4.44. The summed E-state index contributed by atoms with van der Waals surface area (Å²) in [5, 5.41) is 12.3. The summed E-state index contributed by atoms with van der Waals surface area (Å²) in [6.45, 7) is 0.313. The van der Waals surface area contributed by atoms with Gasteiger partial charge in [0.25, 0.3) is 5.91 Å². The fourth-order valence-corrected chi connectivity index (χ4v) is 3.04. The second kappa shape index (κ2) is 7.19. The molecule has 0 saturated carbocycles. The number of aromatic amines is 1. The number of hydrogen-bond donors (Lipinski definition) is 2. The molecule has 0 radical (unpaired) electrons. The summed E-state index contributed by atoms with van der Waals surface area (Å²) in [4.78, 5) is 29.2. The number of carbonyl (C=O) groups excluding carboxylic acids is 1. The van der Waals surface area contributed by atoms with E-state index in [-0.39, 0.29) is 5.91 Å². The summed E-state index contributed by atoms with van der Waals surface area (Å²) in [5.41, 5.74) is 3.16. The van der Waals surface area contributed by atoms with Crippen LogP contribution in [0.1, 0.15) is 16.2 Å². The van der Waals surface area contributed by atoms with Gasteiger partial charge in [0.15, 0.2) is 0 Å². The molecule has 0 fully saturated rings. The van der Waals surface area contributed by atoms with Gasteiger partial charge in [-0.2, -0.15) is 5.10 Å². The molecule has 0 spiro atoms. The molecule has 0 atom stereocenters. The van der Waals surface area contributed by atoms with Crippen LogP contribution in [0.4, 0.5) is 0 Å². The molecule has 2 N–H and O–H groups in total. The summed E-state index contributed by atoms with van der Waals surface area (Å²) in [5.74, 6) is -0.256. The third-order valence-corrected chi connectivity index (χ3v) is 4.43. The Hall–Kier alpha value is -3.46. The molecule has 0 unspecified atom stereocenters. The van der Waals surface area contributed by atoms with Gasteiger partial charge in [0.05, 0.1) is 24.1 Å². The van der Waals surface area contributed by atoms with E-state index in [0.29, 0.717) is 29.3 Å². The van der Waals surface area contributed by atoms with E-state index in [2.05, 4.69) is 35.5 Å². The summed E-state index contributed by atoms with van der Waals surface area (Å²) in [7, 11) is 0. The molecular weight excluding hydrogens is 350 g/mol. The monoisotopic (exact) mass is 363 g/mol. The highest BCUT2D eigenvalue weighted by atomic mass is 32.1. The summed E-state index contributed by atoms with van der Waals surface area (Å²) in [6.07, 6.45) is 6.57. The van der Waals surface area contributed by atoms with Crippen LogP contribution in [0.2, 0.25) is 0 Å². The van der Waals surface area contributed by atoms with Gasteiger partial charge >= 0.3 is 0 Å². The molecule has 4 heterocycles. The third kappa shape index (κ3) is 3.47. The number of rotatable bonds is 5. The lowest BCUT2D eigenvalue weighted by Gasteiger charge is -2.00. The first-order valence-corrected chi connectivity index (χ1v) is 8.63. The predicted octanol–water partition coefficient (Wildman–Crippen LogP) is 2.32. The van der Waals surface area contributed by atoms with E-state index < -0.39 is 0 Å². The lowest BCUT2D eigenvalue weighted by molar-refractivity contribution is 0.0945. The molecule has 0 bridgehead atoms. The number of nitrogens with one attached hydrogen (secondary N) is 2. The topological polar surface area (TPSA) is 109 Å². The average molecular weight is 363 g/mol. The minimum absolute atomic E-state index is 0.256. The second-order valence-electron chi connectivity index (χ2n) is 5.30. The van der Waals surface area contributed by atoms with Crippen molar-refractivity contribution in [2.75, 3.05) is 0 Å². The van der Waals surface area contributed by atoms with Crippen molar-refractivity contribution in [3.05, 3.63) is 65.8 Å². The minimum atomic E-state index is -0.256. The summed E-state index contributed by atoms with van der Waals surface area (Å²) >= 11 is 1.46. The van der Waals surface area contributed by atoms with Gasteiger partial charge in [0.2, 0.25) is 0 Å². The maximum atomic E-state index is 12.3. The quantitative estimate of drug-likeness (QED) is 0.563. The zero-order valence-corrected chi connectivity index (χ0v) is 14.3. The Morgan fingerprint density at radius 3 is 2.85 bits per heavy atom. The number of pyridine rings is 1. The number of hydrogen-bond acceptors (Lipinski definition) is 7. The molecule has 1 amide bonds. The smallest absolute Gasteiger partial charge is 0.269 e. The van der Waals surface area contributed by atoms with Gasteiger partial charge in [0, 0.05) is 24.0 Å². The van der Waals surface area contributed by atoms with Gasteiger partial charge in [-0.25, -0.2) is 4.98 Å². The Morgan fingerprint density at radius 2 is 2.04 bits per heavy atom.